The second-order valence-electron chi connectivity index (χ2n) is 3.08. The number of hydrogen-bond acceptors (Lipinski definition) is 3. The SMILES string of the molecule is C=C1OB(c2ccc(N)cc2)OC1=C. The third-order valence-electron chi connectivity index (χ3n) is 2.02. The maximum absolute atomic E-state index is 5.56. The van der Waals surface area contributed by atoms with Crippen molar-refractivity contribution in [3.8, 4) is 0 Å². The van der Waals surface area contributed by atoms with Gasteiger partial charge in [-0.2, -0.15) is 0 Å². The second-order valence-corrected chi connectivity index (χ2v) is 3.08. The van der Waals surface area contributed by atoms with Crippen LogP contribution in [0.25, 0.3) is 0 Å². The van der Waals surface area contributed by atoms with Gasteiger partial charge in [0, 0.05) is 11.2 Å². The minimum absolute atomic E-state index is 0.435. The van der Waals surface area contributed by atoms with Crippen molar-refractivity contribution in [2.45, 2.75) is 0 Å². The van der Waals surface area contributed by atoms with Gasteiger partial charge in [0.1, 0.15) is 11.5 Å². The van der Waals surface area contributed by atoms with Crippen molar-refractivity contribution >= 4 is 18.3 Å². The lowest BCUT2D eigenvalue weighted by Gasteiger charge is -2.03. The van der Waals surface area contributed by atoms with Crippen LogP contribution in [0.15, 0.2) is 48.9 Å². The molecule has 1 aliphatic rings. The predicted octanol–water partition coefficient (Wildman–Crippen LogP) is 1.04. The lowest BCUT2D eigenvalue weighted by Crippen LogP contribution is -2.30. The Morgan fingerprint density at radius 1 is 1.00 bits per heavy atom. The zero-order chi connectivity index (χ0) is 10.1. The van der Waals surface area contributed by atoms with Gasteiger partial charge in [0.15, 0.2) is 0 Å². The van der Waals surface area contributed by atoms with Crippen molar-refractivity contribution in [2.75, 3.05) is 5.73 Å². The molecule has 0 saturated carbocycles. The Bertz CT molecular complexity index is 370. The molecule has 1 saturated heterocycles. The van der Waals surface area contributed by atoms with E-state index in [1.54, 1.807) is 12.1 Å². The Hall–Kier alpha value is -1.84. The molecule has 1 fully saturated rings. The summed E-state index contributed by atoms with van der Waals surface area (Å²) in [7, 11) is -0.435. The van der Waals surface area contributed by atoms with E-state index in [2.05, 4.69) is 13.2 Å². The van der Waals surface area contributed by atoms with E-state index in [1.165, 1.54) is 0 Å². The number of benzene rings is 1. The fraction of sp³-hybridized carbons (Fsp3) is 0. The first-order chi connectivity index (χ1) is 6.66. The van der Waals surface area contributed by atoms with Gasteiger partial charge < -0.3 is 15.0 Å². The van der Waals surface area contributed by atoms with Crippen LogP contribution in [0.4, 0.5) is 5.69 Å². The van der Waals surface area contributed by atoms with Gasteiger partial charge in [-0.15, -0.1) is 0 Å². The molecular weight excluding hydrogens is 177 g/mol. The number of rotatable bonds is 1. The Morgan fingerprint density at radius 3 is 2.00 bits per heavy atom. The molecule has 0 bridgehead atoms. The summed E-state index contributed by atoms with van der Waals surface area (Å²) in [5, 5.41) is 0. The molecule has 0 aliphatic carbocycles. The summed E-state index contributed by atoms with van der Waals surface area (Å²) >= 11 is 0. The molecule has 1 aliphatic heterocycles. The molecule has 1 heterocycles. The largest absolute Gasteiger partial charge is 0.632 e. The number of anilines is 1. The monoisotopic (exact) mass is 187 g/mol. The van der Waals surface area contributed by atoms with Crippen molar-refractivity contribution in [1.29, 1.82) is 0 Å². The van der Waals surface area contributed by atoms with Crippen LogP contribution in [-0.4, -0.2) is 7.12 Å². The van der Waals surface area contributed by atoms with Gasteiger partial charge in [-0.1, -0.05) is 25.3 Å². The smallest absolute Gasteiger partial charge is 0.520 e. The highest BCUT2D eigenvalue weighted by Gasteiger charge is 2.34. The minimum Gasteiger partial charge on any atom is -0.520 e. The second kappa shape index (κ2) is 3.14. The van der Waals surface area contributed by atoms with Gasteiger partial charge in [-0.05, 0) is 12.1 Å². The van der Waals surface area contributed by atoms with E-state index < -0.39 is 7.12 Å². The minimum atomic E-state index is -0.435. The van der Waals surface area contributed by atoms with E-state index in [1.807, 2.05) is 12.1 Å². The molecule has 3 nitrogen and oxygen atoms in total. The van der Waals surface area contributed by atoms with Gasteiger partial charge in [-0.3, -0.25) is 0 Å². The van der Waals surface area contributed by atoms with Gasteiger partial charge in [0.25, 0.3) is 0 Å². The quantitative estimate of drug-likeness (QED) is 0.527. The Labute approximate surface area is 83.0 Å². The third-order valence-corrected chi connectivity index (χ3v) is 2.02. The molecule has 14 heavy (non-hydrogen) atoms. The van der Waals surface area contributed by atoms with E-state index >= 15 is 0 Å². The maximum Gasteiger partial charge on any atom is 0.632 e. The fourth-order valence-corrected chi connectivity index (χ4v) is 1.20. The van der Waals surface area contributed by atoms with Crippen molar-refractivity contribution in [2.24, 2.45) is 0 Å². The van der Waals surface area contributed by atoms with E-state index in [0.717, 1.165) is 5.46 Å². The third kappa shape index (κ3) is 1.46. The first-order valence-corrected chi connectivity index (χ1v) is 4.24. The number of nitrogen functional groups attached to an aromatic ring is 1. The normalized spacial score (nSPS) is 15.3. The molecule has 70 valence electrons. The van der Waals surface area contributed by atoms with Gasteiger partial charge >= 0.3 is 7.12 Å². The summed E-state index contributed by atoms with van der Waals surface area (Å²) in [4.78, 5) is 0. The molecule has 1 aromatic carbocycles. The highest BCUT2D eigenvalue weighted by molar-refractivity contribution is 6.62. The lowest BCUT2D eigenvalue weighted by molar-refractivity contribution is 0.431. The zero-order valence-corrected chi connectivity index (χ0v) is 7.69. The van der Waals surface area contributed by atoms with Crippen LogP contribution in [0.3, 0.4) is 0 Å². The summed E-state index contributed by atoms with van der Waals surface area (Å²) in [6.45, 7) is 7.31. The summed E-state index contributed by atoms with van der Waals surface area (Å²) < 4.78 is 10.7. The molecule has 0 unspecified atom stereocenters. The lowest BCUT2D eigenvalue weighted by atomic mass is 9.79. The van der Waals surface area contributed by atoms with Crippen molar-refractivity contribution in [3.05, 3.63) is 48.9 Å². The average Bonchev–Trinajstić information content (AvgIpc) is 2.48. The first-order valence-electron chi connectivity index (χ1n) is 4.24. The standard InChI is InChI=1S/C10H10BNO2/c1-7-8(2)14-11(13-7)9-3-5-10(12)6-4-9/h3-6H,1-2,12H2. The Kier molecular flexibility index (Phi) is 1.96. The molecule has 2 N–H and O–H groups in total. The van der Waals surface area contributed by atoms with E-state index in [4.69, 9.17) is 15.0 Å². The number of hydrogen-bond donors (Lipinski definition) is 1. The number of nitrogens with two attached hydrogens (primary N) is 1. The van der Waals surface area contributed by atoms with Gasteiger partial charge in [0.2, 0.25) is 0 Å². The summed E-state index contributed by atoms with van der Waals surface area (Å²) in [5.41, 5.74) is 7.18. The van der Waals surface area contributed by atoms with Crippen molar-refractivity contribution in [3.63, 3.8) is 0 Å². The highest BCUT2D eigenvalue weighted by Crippen LogP contribution is 2.20. The fourth-order valence-electron chi connectivity index (χ4n) is 1.20. The van der Waals surface area contributed by atoms with E-state index in [9.17, 15) is 0 Å². The molecule has 1 aromatic rings. The molecule has 4 heteroatoms. The molecule has 0 amide bonds. The molecule has 0 atom stereocenters. The van der Waals surface area contributed by atoms with Gasteiger partial charge in [0.05, 0.1) is 0 Å². The van der Waals surface area contributed by atoms with Crippen LogP contribution in [0.1, 0.15) is 0 Å². The Balaban J connectivity index is 2.21. The molecular formula is C10H10BNO2. The van der Waals surface area contributed by atoms with Crippen molar-refractivity contribution in [1.82, 2.24) is 0 Å². The van der Waals surface area contributed by atoms with Crippen LogP contribution in [-0.2, 0) is 9.31 Å². The van der Waals surface area contributed by atoms with Crippen LogP contribution >= 0.6 is 0 Å². The summed E-state index contributed by atoms with van der Waals surface area (Å²) in [6, 6.07) is 7.30. The average molecular weight is 187 g/mol. The van der Waals surface area contributed by atoms with Crippen LogP contribution in [0.5, 0.6) is 0 Å². The molecule has 0 spiro atoms. The first kappa shape index (κ1) is 8.75. The van der Waals surface area contributed by atoms with E-state index in [0.29, 0.717) is 17.2 Å². The topological polar surface area (TPSA) is 44.5 Å². The van der Waals surface area contributed by atoms with E-state index in [-0.39, 0.29) is 0 Å². The van der Waals surface area contributed by atoms with Crippen LogP contribution < -0.4 is 11.2 Å². The maximum atomic E-state index is 5.56. The molecule has 0 aromatic heterocycles. The van der Waals surface area contributed by atoms with Crippen molar-refractivity contribution < 1.29 is 9.31 Å². The Morgan fingerprint density at radius 2 is 1.50 bits per heavy atom. The predicted molar refractivity (Wildman–Crippen MR) is 56.7 cm³/mol. The highest BCUT2D eigenvalue weighted by atomic mass is 16.6. The summed E-state index contributed by atoms with van der Waals surface area (Å²) in [5.74, 6) is 0.957. The van der Waals surface area contributed by atoms with Crippen LogP contribution in [0, 0.1) is 0 Å². The summed E-state index contributed by atoms with van der Waals surface area (Å²) in [6.07, 6.45) is 0. The van der Waals surface area contributed by atoms with Crippen LogP contribution in [0.2, 0.25) is 0 Å². The van der Waals surface area contributed by atoms with Gasteiger partial charge in [-0.25, -0.2) is 0 Å². The molecule has 2 rings (SSSR count). The molecule has 0 radical (unpaired) electrons. The zero-order valence-electron chi connectivity index (χ0n) is 7.69.